The van der Waals surface area contributed by atoms with Gasteiger partial charge in [0.25, 0.3) is 5.56 Å². The van der Waals surface area contributed by atoms with Crippen LogP contribution in [0.15, 0.2) is 41.2 Å². The number of benzene rings is 1. The van der Waals surface area contributed by atoms with Gasteiger partial charge in [-0.05, 0) is 44.3 Å². The van der Waals surface area contributed by atoms with Crippen LogP contribution in [0, 0.1) is 12.8 Å². The maximum atomic E-state index is 12.2. The molecule has 1 aliphatic heterocycles. The number of aromatic nitrogens is 2. The number of aryl methyl sites for hydroxylation is 1. The topological polar surface area (TPSA) is 46.9 Å². The first-order valence-electron chi connectivity index (χ1n) is 7.59. The molecular formula is C17H22ClN3O. The third-order valence-corrected chi connectivity index (χ3v) is 4.13. The lowest BCUT2D eigenvalue weighted by molar-refractivity contribution is 0.315. The van der Waals surface area contributed by atoms with Gasteiger partial charge in [-0.15, -0.1) is 12.4 Å². The summed E-state index contributed by atoms with van der Waals surface area (Å²) in [7, 11) is 0. The number of hydrogen-bond acceptors (Lipinski definition) is 3. The van der Waals surface area contributed by atoms with Crippen LogP contribution in [0.4, 0.5) is 0 Å². The van der Waals surface area contributed by atoms with Crippen molar-refractivity contribution in [2.75, 3.05) is 13.1 Å². The fourth-order valence-corrected chi connectivity index (χ4v) is 2.90. The molecule has 0 amide bonds. The zero-order valence-electron chi connectivity index (χ0n) is 12.8. The molecule has 4 nitrogen and oxygen atoms in total. The minimum Gasteiger partial charge on any atom is -0.317 e. The SMILES string of the molecule is Cc1cc(=O)n(CC2CCNCC2)nc1-c1ccccc1.Cl. The maximum Gasteiger partial charge on any atom is 0.267 e. The molecule has 1 fully saturated rings. The van der Waals surface area contributed by atoms with Crippen LogP contribution < -0.4 is 10.9 Å². The van der Waals surface area contributed by atoms with Crippen molar-refractivity contribution in [1.29, 1.82) is 0 Å². The van der Waals surface area contributed by atoms with Crippen molar-refractivity contribution in [1.82, 2.24) is 15.1 Å². The molecule has 1 N–H and O–H groups in total. The highest BCUT2D eigenvalue weighted by Gasteiger charge is 2.16. The van der Waals surface area contributed by atoms with Gasteiger partial charge in [-0.2, -0.15) is 5.10 Å². The largest absolute Gasteiger partial charge is 0.317 e. The smallest absolute Gasteiger partial charge is 0.267 e. The van der Waals surface area contributed by atoms with Crippen molar-refractivity contribution in [3.05, 3.63) is 52.3 Å². The summed E-state index contributed by atoms with van der Waals surface area (Å²) < 4.78 is 1.64. The Bertz CT molecular complexity index is 663. The van der Waals surface area contributed by atoms with E-state index in [1.807, 2.05) is 37.3 Å². The van der Waals surface area contributed by atoms with Crippen LogP contribution in [0.3, 0.4) is 0 Å². The van der Waals surface area contributed by atoms with E-state index in [2.05, 4.69) is 10.4 Å². The summed E-state index contributed by atoms with van der Waals surface area (Å²) in [6.07, 6.45) is 2.23. The molecule has 0 bridgehead atoms. The van der Waals surface area contributed by atoms with Gasteiger partial charge >= 0.3 is 0 Å². The second-order valence-electron chi connectivity index (χ2n) is 5.76. The van der Waals surface area contributed by atoms with E-state index in [4.69, 9.17) is 0 Å². The molecule has 1 aromatic heterocycles. The molecule has 0 aliphatic carbocycles. The zero-order chi connectivity index (χ0) is 14.7. The summed E-state index contributed by atoms with van der Waals surface area (Å²) in [5, 5.41) is 7.97. The number of rotatable bonds is 3. The molecule has 0 atom stereocenters. The molecule has 5 heteroatoms. The standard InChI is InChI=1S/C17H21N3O.ClH/c1-13-11-16(21)20(12-14-7-9-18-10-8-14)19-17(13)15-5-3-2-4-6-15;/h2-6,11,14,18H,7-10,12H2,1H3;1H. The number of nitrogens with one attached hydrogen (secondary N) is 1. The first-order valence-corrected chi connectivity index (χ1v) is 7.59. The van der Waals surface area contributed by atoms with Crippen molar-refractivity contribution in [3.8, 4) is 11.3 Å². The lowest BCUT2D eigenvalue weighted by Crippen LogP contribution is -2.33. The third kappa shape index (κ3) is 3.76. The van der Waals surface area contributed by atoms with E-state index in [9.17, 15) is 4.79 Å². The predicted octanol–water partition coefficient (Wildman–Crippen LogP) is 2.64. The molecule has 0 unspecified atom stereocenters. The van der Waals surface area contributed by atoms with E-state index >= 15 is 0 Å². The van der Waals surface area contributed by atoms with Crippen LogP contribution in [0.2, 0.25) is 0 Å². The van der Waals surface area contributed by atoms with Gasteiger partial charge in [0.15, 0.2) is 0 Å². The Kier molecular flexibility index (Phi) is 5.75. The van der Waals surface area contributed by atoms with Crippen molar-refractivity contribution < 1.29 is 0 Å². The van der Waals surface area contributed by atoms with E-state index < -0.39 is 0 Å². The first-order chi connectivity index (χ1) is 10.2. The molecule has 0 saturated carbocycles. The number of halogens is 1. The third-order valence-electron chi connectivity index (χ3n) is 4.13. The summed E-state index contributed by atoms with van der Waals surface area (Å²) in [6.45, 7) is 4.75. The summed E-state index contributed by atoms with van der Waals surface area (Å²) in [5.41, 5.74) is 2.91. The molecular weight excluding hydrogens is 298 g/mol. The Morgan fingerprint density at radius 2 is 1.91 bits per heavy atom. The Hall–Kier alpha value is -1.65. The summed E-state index contributed by atoms with van der Waals surface area (Å²) in [4.78, 5) is 12.2. The van der Waals surface area contributed by atoms with Crippen LogP contribution >= 0.6 is 12.4 Å². The molecule has 1 aliphatic rings. The van der Waals surface area contributed by atoms with Gasteiger partial charge in [0, 0.05) is 18.2 Å². The summed E-state index contributed by atoms with van der Waals surface area (Å²) in [6, 6.07) is 11.8. The number of hydrogen-bond donors (Lipinski definition) is 1. The molecule has 1 saturated heterocycles. The molecule has 2 aromatic rings. The van der Waals surface area contributed by atoms with Crippen molar-refractivity contribution in [2.24, 2.45) is 5.92 Å². The Morgan fingerprint density at radius 1 is 1.23 bits per heavy atom. The molecule has 118 valence electrons. The minimum absolute atomic E-state index is 0. The Balaban J connectivity index is 0.00000176. The lowest BCUT2D eigenvalue weighted by Gasteiger charge is -2.23. The number of piperidine rings is 1. The molecule has 1 aromatic carbocycles. The second-order valence-corrected chi connectivity index (χ2v) is 5.76. The fraction of sp³-hybridized carbons (Fsp3) is 0.412. The normalized spacial score (nSPS) is 15.3. The quantitative estimate of drug-likeness (QED) is 0.946. The van der Waals surface area contributed by atoms with Gasteiger partial charge in [0.2, 0.25) is 0 Å². The predicted molar refractivity (Wildman–Crippen MR) is 91.5 cm³/mol. The van der Waals surface area contributed by atoms with E-state index in [1.54, 1.807) is 10.7 Å². The average Bonchev–Trinajstić information content (AvgIpc) is 2.52. The van der Waals surface area contributed by atoms with Gasteiger partial charge < -0.3 is 5.32 Å². The van der Waals surface area contributed by atoms with Crippen molar-refractivity contribution in [3.63, 3.8) is 0 Å². The number of nitrogens with zero attached hydrogens (tertiary/aromatic N) is 2. The van der Waals surface area contributed by atoms with Crippen molar-refractivity contribution >= 4 is 12.4 Å². The van der Waals surface area contributed by atoms with E-state index in [0.717, 1.165) is 49.3 Å². The van der Waals surface area contributed by atoms with Crippen LogP contribution in [0.5, 0.6) is 0 Å². The highest BCUT2D eigenvalue weighted by Crippen LogP contribution is 2.19. The molecule has 22 heavy (non-hydrogen) atoms. The molecule has 2 heterocycles. The highest BCUT2D eigenvalue weighted by molar-refractivity contribution is 5.85. The van der Waals surface area contributed by atoms with Crippen LogP contribution in [-0.2, 0) is 6.54 Å². The second kappa shape index (κ2) is 7.56. The fourth-order valence-electron chi connectivity index (χ4n) is 2.90. The Morgan fingerprint density at radius 3 is 2.59 bits per heavy atom. The minimum atomic E-state index is 0. The van der Waals surface area contributed by atoms with Crippen LogP contribution in [0.25, 0.3) is 11.3 Å². The van der Waals surface area contributed by atoms with Gasteiger partial charge in [-0.3, -0.25) is 4.79 Å². The van der Waals surface area contributed by atoms with Gasteiger partial charge in [-0.1, -0.05) is 30.3 Å². The highest BCUT2D eigenvalue weighted by atomic mass is 35.5. The maximum absolute atomic E-state index is 12.2. The zero-order valence-corrected chi connectivity index (χ0v) is 13.6. The average molecular weight is 320 g/mol. The summed E-state index contributed by atoms with van der Waals surface area (Å²) >= 11 is 0. The van der Waals surface area contributed by atoms with E-state index in [0.29, 0.717) is 5.92 Å². The van der Waals surface area contributed by atoms with E-state index in [1.165, 1.54) is 0 Å². The van der Waals surface area contributed by atoms with Crippen molar-refractivity contribution in [2.45, 2.75) is 26.3 Å². The van der Waals surface area contributed by atoms with Gasteiger partial charge in [0.1, 0.15) is 0 Å². The van der Waals surface area contributed by atoms with Gasteiger partial charge in [0.05, 0.1) is 5.69 Å². The van der Waals surface area contributed by atoms with Crippen LogP contribution in [0.1, 0.15) is 18.4 Å². The first kappa shape index (κ1) is 16.7. The van der Waals surface area contributed by atoms with Gasteiger partial charge in [-0.25, -0.2) is 4.68 Å². The lowest BCUT2D eigenvalue weighted by atomic mass is 9.98. The molecule has 3 rings (SSSR count). The monoisotopic (exact) mass is 319 g/mol. The Labute approximate surface area is 137 Å². The van der Waals surface area contributed by atoms with Crippen LogP contribution in [-0.4, -0.2) is 22.9 Å². The molecule has 0 spiro atoms. The van der Waals surface area contributed by atoms with E-state index in [-0.39, 0.29) is 18.0 Å². The molecule has 0 radical (unpaired) electrons. The summed E-state index contributed by atoms with van der Waals surface area (Å²) in [5.74, 6) is 0.544.